The van der Waals surface area contributed by atoms with Crippen LogP contribution in [0.1, 0.15) is 72.1 Å². The van der Waals surface area contributed by atoms with Crippen molar-refractivity contribution in [2.45, 2.75) is 121 Å². The number of hydrogen-bond acceptors (Lipinski definition) is 9. The zero-order valence-electron chi connectivity index (χ0n) is 22.7. The van der Waals surface area contributed by atoms with Crippen molar-refractivity contribution >= 4 is 5.97 Å². The van der Waals surface area contributed by atoms with Crippen molar-refractivity contribution < 1.29 is 44.5 Å². The topological polar surface area (TPSA) is 146 Å². The van der Waals surface area contributed by atoms with Crippen LogP contribution in [0.2, 0.25) is 0 Å². The number of aliphatic hydroxyl groups is 5. The Hall–Kier alpha value is -1.07. The summed E-state index contributed by atoms with van der Waals surface area (Å²) in [6, 6.07) is 0. The molecule has 38 heavy (non-hydrogen) atoms. The Kier molecular flexibility index (Phi) is 6.58. The number of ether oxygens (including phenoxy) is 3. The molecule has 5 fully saturated rings. The molecule has 5 N–H and O–H groups in total. The molecule has 3 unspecified atom stereocenters. The van der Waals surface area contributed by atoms with E-state index in [1.54, 1.807) is 13.0 Å². The molecular formula is C29H44O9. The largest absolute Gasteiger partial charge is 0.458 e. The molecule has 214 valence electrons. The number of carbonyl (C=O) groups excluding carboxylic acids is 1. The van der Waals surface area contributed by atoms with Crippen molar-refractivity contribution in [2.24, 2.45) is 34.5 Å². The Bertz CT molecular complexity index is 985. The Morgan fingerprint density at radius 1 is 0.947 bits per heavy atom. The number of rotatable bonds is 3. The number of aliphatic hydroxyl groups excluding tert-OH is 4. The predicted molar refractivity (Wildman–Crippen MR) is 134 cm³/mol. The van der Waals surface area contributed by atoms with Crippen molar-refractivity contribution in [1.29, 1.82) is 0 Å². The van der Waals surface area contributed by atoms with Gasteiger partial charge in [0, 0.05) is 17.9 Å². The molecule has 2 heterocycles. The highest BCUT2D eigenvalue weighted by Gasteiger charge is 2.69. The van der Waals surface area contributed by atoms with Crippen LogP contribution in [0, 0.1) is 34.5 Å². The molecule has 4 saturated carbocycles. The lowest BCUT2D eigenvalue weighted by atomic mass is 9.42. The predicted octanol–water partition coefficient (Wildman–Crippen LogP) is 1.43. The summed E-state index contributed by atoms with van der Waals surface area (Å²) in [5, 5.41) is 54.6. The first kappa shape index (κ1) is 27.1. The molecule has 9 heteroatoms. The highest BCUT2D eigenvalue weighted by molar-refractivity contribution is 5.85. The Morgan fingerprint density at radius 2 is 1.71 bits per heavy atom. The molecule has 0 aromatic heterocycles. The normalized spacial score (nSPS) is 56.5. The van der Waals surface area contributed by atoms with Crippen LogP contribution in [0.3, 0.4) is 0 Å². The van der Waals surface area contributed by atoms with Crippen LogP contribution < -0.4 is 0 Å². The minimum atomic E-state index is -1.36. The van der Waals surface area contributed by atoms with E-state index in [0.717, 1.165) is 37.7 Å². The fourth-order valence-electron chi connectivity index (χ4n) is 9.86. The quantitative estimate of drug-likeness (QED) is 0.267. The number of fused-ring (bicyclic) bond motifs is 5. The highest BCUT2D eigenvalue weighted by atomic mass is 16.7. The number of carbonyl (C=O) groups is 1. The molecule has 14 atom stereocenters. The summed E-state index contributed by atoms with van der Waals surface area (Å²) in [4.78, 5) is 11.8. The minimum absolute atomic E-state index is 0.0826. The van der Waals surface area contributed by atoms with Gasteiger partial charge in [0.25, 0.3) is 0 Å². The molecule has 0 aromatic rings. The number of hydrogen-bond donors (Lipinski definition) is 5. The Labute approximate surface area is 224 Å². The summed E-state index contributed by atoms with van der Waals surface area (Å²) in [7, 11) is 0. The number of cyclic esters (lactones) is 1. The van der Waals surface area contributed by atoms with Crippen LogP contribution in [0.4, 0.5) is 0 Å². The summed E-state index contributed by atoms with van der Waals surface area (Å²) in [5.74, 6) is 0.309. The molecule has 0 radical (unpaired) electrons. The summed E-state index contributed by atoms with van der Waals surface area (Å²) < 4.78 is 17.0. The van der Waals surface area contributed by atoms with E-state index in [-0.39, 0.29) is 46.6 Å². The second-order valence-electron chi connectivity index (χ2n) is 13.6. The van der Waals surface area contributed by atoms with Gasteiger partial charge in [-0.05, 0) is 86.5 Å². The first-order valence-corrected chi connectivity index (χ1v) is 14.5. The Morgan fingerprint density at radius 3 is 2.42 bits per heavy atom. The third kappa shape index (κ3) is 3.72. The summed E-state index contributed by atoms with van der Waals surface area (Å²) in [5.41, 5.74) is -0.512. The van der Waals surface area contributed by atoms with Gasteiger partial charge in [0.15, 0.2) is 6.29 Å². The summed E-state index contributed by atoms with van der Waals surface area (Å²) in [6.45, 7) is 6.35. The molecule has 1 saturated heterocycles. The van der Waals surface area contributed by atoms with Gasteiger partial charge in [-0.1, -0.05) is 13.8 Å². The molecule has 6 aliphatic rings. The van der Waals surface area contributed by atoms with E-state index in [1.165, 1.54) is 0 Å². The molecule has 0 bridgehead atoms. The average Bonchev–Trinajstić information content (AvgIpc) is 3.42. The Balaban J connectivity index is 1.19. The lowest BCUT2D eigenvalue weighted by Gasteiger charge is -2.64. The van der Waals surface area contributed by atoms with Gasteiger partial charge >= 0.3 is 5.97 Å². The smallest absolute Gasteiger partial charge is 0.331 e. The van der Waals surface area contributed by atoms with Crippen molar-refractivity contribution in [1.82, 2.24) is 0 Å². The van der Waals surface area contributed by atoms with Crippen molar-refractivity contribution in [3.05, 3.63) is 11.6 Å². The second kappa shape index (κ2) is 9.23. The molecule has 2 aliphatic heterocycles. The van der Waals surface area contributed by atoms with Crippen molar-refractivity contribution in [2.75, 3.05) is 6.61 Å². The first-order valence-electron chi connectivity index (χ1n) is 14.5. The van der Waals surface area contributed by atoms with Gasteiger partial charge in [0.05, 0.1) is 23.9 Å². The van der Waals surface area contributed by atoms with Gasteiger partial charge in [-0.15, -0.1) is 0 Å². The van der Waals surface area contributed by atoms with E-state index >= 15 is 0 Å². The third-order valence-corrected chi connectivity index (χ3v) is 12.2. The van der Waals surface area contributed by atoms with Crippen LogP contribution in [-0.2, 0) is 19.0 Å². The van der Waals surface area contributed by atoms with Gasteiger partial charge in [-0.25, -0.2) is 4.79 Å². The standard InChI is InChI=1S/C29H44O9/c1-14-23(32)24(33)25(34)26(37-14)38-17-11-16-4-5-20-19(28(16,3)21(30)12-17)6-8-27(2)18(7-9-29(20,27)35)15-10-22(31)36-13-15/h10,14,16-21,23-26,30,32-35H,4-9,11-13H2,1-3H3/t14-,16?,17+,18+,19?,20?,21+,23-,24+,25+,26-,27+,28-,29-/m0/s1. The van der Waals surface area contributed by atoms with Crippen molar-refractivity contribution in [3.8, 4) is 0 Å². The molecule has 0 aromatic carbocycles. The maximum Gasteiger partial charge on any atom is 0.331 e. The molecule has 0 spiro atoms. The van der Waals surface area contributed by atoms with E-state index in [2.05, 4.69) is 13.8 Å². The van der Waals surface area contributed by atoms with E-state index in [9.17, 15) is 30.3 Å². The van der Waals surface area contributed by atoms with E-state index < -0.39 is 42.4 Å². The molecule has 0 amide bonds. The second-order valence-corrected chi connectivity index (χ2v) is 13.6. The lowest BCUT2D eigenvalue weighted by Crippen LogP contribution is -2.65. The van der Waals surface area contributed by atoms with Gasteiger partial charge in [-0.2, -0.15) is 0 Å². The molecule has 4 aliphatic carbocycles. The molecule has 9 nitrogen and oxygen atoms in total. The monoisotopic (exact) mass is 536 g/mol. The van der Waals surface area contributed by atoms with Crippen molar-refractivity contribution in [3.63, 3.8) is 0 Å². The van der Waals surface area contributed by atoms with Gasteiger partial charge in [0.1, 0.15) is 24.9 Å². The van der Waals surface area contributed by atoms with Crippen LogP contribution in [0.25, 0.3) is 0 Å². The fourth-order valence-corrected chi connectivity index (χ4v) is 9.86. The summed E-state index contributed by atoms with van der Waals surface area (Å²) in [6.07, 6.45) is 1.17. The zero-order chi connectivity index (χ0) is 27.2. The minimum Gasteiger partial charge on any atom is -0.458 e. The zero-order valence-corrected chi connectivity index (χ0v) is 22.7. The highest BCUT2D eigenvalue weighted by Crippen LogP contribution is 2.70. The fraction of sp³-hybridized carbons (Fsp3) is 0.897. The van der Waals surface area contributed by atoms with Gasteiger partial charge < -0.3 is 39.7 Å². The van der Waals surface area contributed by atoms with E-state index in [4.69, 9.17) is 14.2 Å². The van der Waals surface area contributed by atoms with Gasteiger partial charge in [0.2, 0.25) is 0 Å². The third-order valence-electron chi connectivity index (χ3n) is 12.2. The SMILES string of the molecule is C[C@@H]1O[C@@H](O[C@@H]2CC3CCC4C(CC[C@]5(C)[C@@H](C6=CC(=O)OC6)CC[C@]45O)[C@@]3(C)[C@H](O)C2)[C@H](O)[C@H](O)[C@H]1O. The molecule has 6 rings (SSSR count). The van der Waals surface area contributed by atoms with Crippen LogP contribution in [-0.4, -0.2) is 86.6 Å². The maximum absolute atomic E-state index is 12.4. The average molecular weight is 537 g/mol. The lowest BCUT2D eigenvalue weighted by molar-refractivity contribution is -0.315. The van der Waals surface area contributed by atoms with Crippen LogP contribution >= 0.6 is 0 Å². The summed E-state index contributed by atoms with van der Waals surface area (Å²) >= 11 is 0. The van der Waals surface area contributed by atoms with E-state index in [1.807, 2.05) is 0 Å². The van der Waals surface area contributed by atoms with E-state index in [0.29, 0.717) is 25.9 Å². The van der Waals surface area contributed by atoms with Crippen LogP contribution in [0.5, 0.6) is 0 Å². The molecular weight excluding hydrogens is 492 g/mol. The first-order chi connectivity index (χ1) is 17.9. The maximum atomic E-state index is 12.4. The van der Waals surface area contributed by atoms with Crippen LogP contribution in [0.15, 0.2) is 11.6 Å². The number of esters is 1. The van der Waals surface area contributed by atoms with Gasteiger partial charge in [-0.3, -0.25) is 0 Å².